The van der Waals surface area contributed by atoms with Gasteiger partial charge in [-0.05, 0) is 25.3 Å². The van der Waals surface area contributed by atoms with Gasteiger partial charge in [-0.15, -0.1) is 12.4 Å². The van der Waals surface area contributed by atoms with Crippen LogP contribution in [0.4, 0.5) is 14.5 Å². The molecular weight excluding hydrogens is 302 g/mol. The lowest BCUT2D eigenvalue weighted by atomic mass is 9.95. The van der Waals surface area contributed by atoms with Crippen molar-refractivity contribution in [1.82, 2.24) is 0 Å². The summed E-state index contributed by atoms with van der Waals surface area (Å²) in [6.45, 7) is 0.428. The van der Waals surface area contributed by atoms with E-state index in [2.05, 4.69) is 10.1 Å². The van der Waals surface area contributed by atoms with Gasteiger partial charge in [0, 0.05) is 18.1 Å². The molecule has 118 valence electrons. The third-order valence-corrected chi connectivity index (χ3v) is 3.80. The highest BCUT2D eigenvalue weighted by Gasteiger charge is 2.32. The van der Waals surface area contributed by atoms with Crippen LogP contribution in [0.15, 0.2) is 12.1 Å². The minimum Gasteiger partial charge on any atom is -0.494 e. The molecule has 1 aliphatic carbocycles. The molecule has 0 saturated heterocycles. The van der Waals surface area contributed by atoms with E-state index in [0.29, 0.717) is 6.54 Å². The lowest BCUT2D eigenvalue weighted by molar-refractivity contribution is -0.120. The number of ether oxygens (including phenoxy) is 1. The molecule has 21 heavy (non-hydrogen) atoms. The fourth-order valence-electron chi connectivity index (χ4n) is 2.67. The number of benzene rings is 1. The number of amides is 1. The molecule has 0 spiro atoms. The van der Waals surface area contributed by atoms with Crippen molar-refractivity contribution in [1.29, 1.82) is 0 Å². The standard InChI is InChI=1S/C14H18F2N2O2.ClH/c1-20-13-6-10(15)12(5-11(13)16)18-14(19)9-4-2-3-8(9)7-17;/h5-6,8-9H,2-4,7,17H2,1H3,(H,18,19);1H/t8-,9-;/m1./s1. The summed E-state index contributed by atoms with van der Waals surface area (Å²) in [6, 6.07) is 1.85. The summed E-state index contributed by atoms with van der Waals surface area (Å²) in [5, 5.41) is 2.44. The summed E-state index contributed by atoms with van der Waals surface area (Å²) in [5.74, 6) is -2.06. The van der Waals surface area contributed by atoms with Crippen LogP contribution in [0, 0.1) is 23.5 Å². The Kier molecular flexibility index (Phi) is 6.36. The van der Waals surface area contributed by atoms with E-state index in [-0.39, 0.29) is 41.6 Å². The first-order chi connectivity index (χ1) is 9.56. The Bertz CT molecular complexity index is 514. The topological polar surface area (TPSA) is 64.3 Å². The van der Waals surface area contributed by atoms with Crippen molar-refractivity contribution >= 4 is 24.0 Å². The first-order valence-corrected chi connectivity index (χ1v) is 6.60. The fraction of sp³-hybridized carbons (Fsp3) is 0.500. The fourth-order valence-corrected chi connectivity index (χ4v) is 2.67. The van der Waals surface area contributed by atoms with Crippen molar-refractivity contribution in [2.45, 2.75) is 19.3 Å². The first kappa shape index (κ1) is 17.7. The van der Waals surface area contributed by atoms with Gasteiger partial charge in [0.1, 0.15) is 0 Å². The van der Waals surface area contributed by atoms with Gasteiger partial charge in [-0.1, -0.05) is 6.42 Å². The minimum atomic E-state index is -0.723. The number of hydrogen-bond acceptors (Lipinski definition) is 3. The van der Waals surface area contributed by atoms with Gasteiger partial charge in [0.15, 0.2) is 17.4 Å². The smallest absolute Gasteiger partial charge is 0.227 e. The van der Waals surface area contributed by atoms with Gasteiger partial charge < -0.3 is 15.8 Å². The van der Waals surface area contributed by atoms with Crippen LogP contribution in [0.5, 0.6) is 5.75 Å². The number of anilines is 1. The van der Waals surface area contributed by atoms with Crippen LogP contribution in [0.2, 0.25) is 0 Å². The average Bonchev–Trinajstić information content (AvgIpc) is 2.90. The van der Waals surface area contributed by atoms with Crippen LogP contribution in [0.1, 0.15) is 19.3 Å². The normalized spacial score (nSPS) is 20.8. The van der Waals surface area contributed by atoms with E-state index in [1.807, 2.05) is 0 Å². The predicted molar refractivity (Wildman–Crippen MR) is 78.7 cm³/mol. The van der Waals surface area contributed by atoms with E-state index in [0.717, 1.165) is 31.4 Å². The third kappa shape index (κ3) is 3.83. The lowest BCUT2D eigenvalue weighted by Crippen LogP contribution is -2.30. The Balaban J connectivity index is 0.00000220. The Morgan fingerprint density at radius 1 is 1.38 bits per heavy atom. The molecule has 0 unspecified atom stereocenters. The summed E-state index contributed by atoms with van der Waals surface area (Å²) < 4.78 is 32.0. The summed E-state index contributed by atoms with van der Waals surface area (Å²) >= 11 is 0. The molecule has 3 N–H and O–H groups in total. The minimum absolute atomic E-state index is 0. The second-order valence-electron chi connectivity index (χ2n) is 4.99. The van der Waals surface area contributed by atoms with Gasteiger partial charge in [0.05, 0.1) is 12.8 Å². The first-order valence-electron chi connectivity index (χ1n) is 6.60. The van der Waals surface area contributed by atoms with Crippen LogP contribution in [-0.2, 0) is 4.79 Å². The van der Waals surface area contributed by atoms with Crippen LogP contribution < -0.4 is 15.8 Å². The Labute approximate surface area is 128 Å². The number of hydrogen-bond donors (Lipinski definition) is 2. The number of carbonyl (C=O) groups is 1. The maximum absolute atomic E-state index is 13.8. The Morgan fingerprint density at radius 2 is 2.10 bits per heavy atom. The number of nitrogens with one attached hydrogen (secondary N) is 1. The molecular formula is C14H19ClF2N2O2. The van der Waals surface area contributed by atoms with Gasteiger partial charge in [0.2, 0.25) is 5.91 Å². The zero-order valence-electron chi connectivity index (χ0n) is 11.7. The third-order valence-electron chi connectivity index (χ3n) is 3.80. The van der Waals surface area contributed by atoms with E-state index in [1.54, 1.807) is 0 Å². The molecule has 1 fully saturated rings. The van der Waals surface area contributed by atoms with Crippen LogP contribution >= 0.6 is 12.4 Å². The molecule has 1 aliphatic rings. The molecule has 0 heterocycles. The Morgan fingerprint density at radius 3 is 2.71 bits per heavy atom. The highest BCUT2D eigenvalue weighted by molar-refractivity contribution is 5.93. The molecule has 1 amide bonds. The summed E-state index contributed by atoms with van der Waals surface area (Å²) in [6.07, 6.45) is 2.56. The molecule has 1 saturated carbocycles. The van der Waals surface area contributed by atoms with Gasteiger partial charge in [-0.25, -0.2) is 8.78 Å². The number of nitrogens with two attached hydrogens (primary N) is 1. The van der Waals surface area contributed by atoms with E-state index in [1.165, 1.54) is 7.11 Å². The lowest BCUT2D eigenvalue weighted by Gasteiger charge is -2.18. The summed E-state index contributed by atoms with van der Waals surface area (Å²) in [5.41, 5.74) is 5.45. The van der Waals surface area contributed by atoms with Crippen molar-refractivity contribution in [3.8, 4) is 5.75 Å². The van der Waals surface area contributed by atoms with Gasteiger partial charge in [0.25, 0.3) is 0 Å². The molecule has 1 aromatic rings. The van der Waals surface area contributed by atoms with E-state index in [4.69, 9.17) is 5.73 Å². The average molecular weight is 321 g/mol. The summed E-state index contributed by atoms with van der Waals surface area (Å²) in [4.78, 5) is 12.1. The monoisotopic (exact) mass is 320 g/mol. The molecule has 0 aliphatic heterocycles. The molecule has 0 radical (unpaired) electrons. The zero-order chi connectivity index (χ0) is 14.7. The molecule has 2 rings (SSSR count). The van der Waals surface area contributed by atoms with Crippen molar-refractivity contribution in [3.63, 3.8) is 0 Å². The SMILES string of the molecule is COc1cc(F)c(NC(=O)[C@@H]2CCC[C@@H]2CN)cc1F.Cl. The molecule has 7 heteroatoms. The molecule has 2 atom stereocenters. The second kappa shape index (κ2) is 7.56. The van der Waals surface area contributed by atoms with Gasteiger partial charge in [-0.3, -0.25) is 4.79 Å². The zero-order valence-corrected chi connectivity index (χ0v) is 12.5. The van der Waals surface area contributed by atoms with Crippen molar-refractivity contribution < 1.29 is 18.3 Å². The van der Waals surface area contributed by atoms with Crippen molar-refractivity contribution in [2.75, 3.05) is 19.0 Å². The quantitative estimate of drug-likeness (QED) is 0.896. The van der Waals surface area contributed by atoms with Crippen molar-refractivity contribution in [3.05, 3.63) is 23.8 Å². The predicted octanol–water partition coefficient (Wildman–Crippen LogP) is 2.71. The van der Waals surface area contributed by atoms with E-state index in [9.17, 15) is 13.6 Å². The van der Waals surface area contributed by atoms with Crippen LogP contribution in [0.3, 0.4) is 0 Å². The number of rotatable bonds is 4. The van der Waals surface area contributed by atoms with E-state index >= 15 is 0 Å². The number of halogens is 3. The summed E-state index contributed by atoms with van der Waals surface area (Å²) in [7, 11) is 1.25. The molecule has 1 aromatic carbocycles. The molecule has 0 aromatic heterocycles. The van der Waals surface area contributed by atoms with Crippen LogP contribution in [0.25, 0.3) is 0 Å². The van der Waals surface area contributed by atoms with Gasteiger partial charge >= 0.3 is 0 Å². The molecule has 4 nitrogen and oxygen atoms in total. The largest absolute Gasteiger partial charge is 0.494 e. The highest BCUT2D eigenvalue weighted by atomic mass is 35.5. The Hall–Kier alpha value is -1.40. The van der Waals surface area contributed by atoms with Crippen molar-refractivity contribution in [2.24, 2.45) is 17.6 Å². The number of methoxy groups -OCH3 is 1. The number of carbonyl (C=O) groups excluding carboxylic acids is 1. The molecule has 0 bridgehead atoms. The second-order valence-corrected chi connectivity index (χ2v) is 4.99. The van der Waals surface area contributed by atoms with E-state index < -0.39 is 11.6 Å². The maximum atomic E-state index is 13.8. The highest BCUT2D eigenvalue weighted by Crippen LogP contribution is 2.32. The van der Waals surface area contributed by atoms with Gasteiger partial charge in [-0.2, -0.15) is 0 Å². The van der Waals surface area contributed by atoms with Crippen LogP contribution in [-0.4, -0.2) is 19.6 Å². The maximum Gasteiger partial charge on any atom is 0.227 e.